The van der Waals surface area contributed by atoms with Crippen LogP contribution in [-0.4, -0.2) is 115 Å². The van der Waals surface area contributed by atoms with Crippen molar-refractivity contribution in [1.29, 1.82) is 0 Å². The first-order valence-corrected chi connectivity index (χ1v) is 6.85. The largest absolute Gasteiger partial charge is 0.394 e. The number of aliphatic hydroxyl groups excluding tert-OH is 8. The maximum Gasteiger partial charge on any atom is 0.189 e. The van der Waals surface area contributed by atoms with Crippen LogP contribution in [0.15, 0.2) is 0 Å². The Kier molecular flexibility index (Phi) is 7.89. The van der Waals surface area contributed by atoms with Gasteiger partial charge in [-0.3, -0.25) is 4.79 Å². The third-order valence-corrected chi connectivity index (χ3v) is 3.50. The molecule has 0 aromatic carbocycles. The first-order chi connectivity index (χ1) is 10.8. The van der Waals surface area contributed by atoms with E-state index < -0.39 is 74.6 Å². The monoisotopic (exact) mass is 342 g/mol. The summed E-state index contributed by atoms with van der Waals surface area (Å²) in [5.74, 6) is -1.12. The van der Waals surface area contributed by atoms with Crippen LogP contribution in [0.2, 0.25) is 0 Å². The van der Waals surface area contributed by atoms with Crippen molar-refractivity contribution >= 4 is 5.78 Å². The summed E-state index contributed by atoms with van der Waals surface area (Å²) in [6.45, 7) is -2.71. The van der Waals surface area contributed by atoms with Gasteiger partial charge in [-0.25, -0.2) is 0 Å². The average molecular weight is 342 g/mol. The number of Topliss-reactive ketones (excluding diaryl/α,β-unsaturated/α-hetero) is 1. The molecule has 0 amide bonds. The zero-order valence-electron chi connectivity index (χ0n) is 12.0. The van der Waals surface area contributed by atoms with E-state index in [2.05, 4.69) is 0 Å². The van der Waals surface area contributed by atoms with E-state index in [0.717, 1.165) is 0 Å². The minimum atomic E-state index is -2.05. The summed E-state index contributed by atoms with van der Waals surface area (Å²) in [6.07, 6.45) is -13.8. The van der Waals surface area contributed by atoms with Gasteiger partial charge in [-0.05, 0) is 0 Å². The molecule has 11 heteroatoms. The molecule has 1 saturated heterocycles. The fourth-order valence-corrected chi connectivity index (χ4v) is 2.09. The van der Waals surface area contributed by atoms with Crippen LogP contribution in [0.3, 0.4) is 0 Å². The van der Waals surface area contributed by atoms with Gasteiger partial charge in [0.05, 0.1) is 13.2 Å². The number of hydrogen-bond donors (Lipinski definition) is 8. The van der Waals surface area contributed by atoms with Crippen LogP contribution in [0.5, 0.6) is 0 Å². The lowest BCUT2D eigenvalue weighted by Crippen LogP contribution is -2.61. The Morgan fingerprint density at radius 1 is 1.04 bits per heavy atom. The predicted octanol–water partition coefficient (Wildman–Crippen LogP) is -5.55. The van der Waals surface area contributed by atoms with E-state index in [4.69, 9.17) is 24.8 Å². The summed E-state index contributed by atoms with van der Waals surface area (Å²) < 4.78 is 10.1. The van der Waals surface area contributed by atoms with E-state index in [1.54, 1.807) is 0 Å². The zero-order valence-corrected chi connectivity index (χ0v) is 12.0. The molecular formula is C12H22O11. The number of rotatable bonds is 8. The second kappa shape index (κ2) is 8.94. The summed E-state index contributed by atoms with van der Waals surface area (Å²) in [4.78, 5) is 11.3. The van der Waals surface area contributed by atoms with Gasteiger partial charge in [0, 0.05) is 0 Å². The normalized spacial score (nSPS) is 35.6. The Balaban J connectivity index is 2.91. The lowest BCUT2D eigenvalue weighted by Gasteiger charge is -2.41. The molecule has 1 aliphatic rings. The van der Waals surface area contributed by atoms with E-state index in [1.165, 1.54) is 0 Å². The van der Waals surface area contributed by atoms with E-state index >= 15 is 0 Å². The summed E-state index contributed by atoms with van der Waals surface area (Å²) in [5, 5.41) is 75.1. The molecule has 1 rings (SSSR count). The minimum absolute atomic E-state index is 0.726. The van der Waals surface area contributed by atoms with Crippen molar-refractivity contribution in [3.05, 3.63) is 0 Å². The summed E-state index contributed by atoms with van der Waals surface area (Å²) in [5.41, 5.74) is 0. The number of ether oxygens (including phenoxy) is 2. The fraction of sp³-hybridized carbons (Fsp3) is 0.917. The minimum Gasteiger partial charge on any atom is -0.394 e. The van der Waals surface area contributed by atoms with Crippen molar-refractivity contribution in [1.82, 2.24) is 0 Å². The van der Waals surface area contributed by atoms with Gasteiger partial charge in [-0.15, -0.1) is 0 Å². The quantitative estimate of drug-likeness (QED) is 0.209. The van der Waals surface area contributed by atoms with E-state index in [9.17, 15) is 30.3 Å². The second-order valence-corrected chi connectivity index (χ2v) is 5.12. The second-order valence-electron chi connectivity index (χ2n) is 5.12. The first-order valence-electron chi connectivity index (χ1n) is 6.85. The van der Waals surface area contributed by atoms with Gasteiger partial charge in [-0.2, -0.15) is 0 Å². The lowest BCUT2D eigenvalue weighted by atomic mass is 9.98. The highest BCUT2D eigenvalue weighted by molar-refractivity contribution is 5.84. The molecule has 0 saturated carbocycles. The van der Waals surface area contributed by atoms with Crippen molar-refractivity contribution in [2.24, 2.45) is 0 Å². The smallest absolute Gasteiger partial charge is 0.189 e. The molecular weight excluding hydrogens is 320 g/mol. The third kappa shape index (κ3) is 4.64. The highest BCUT2D eigenvalue weighted by Gasteiger charge is 2.46. The Morgan fingerprint density at radius 3 is 2.13 bits per heavy atom. The maximum atomic E-state index is 11.3. The number of carbonyl (C=O) groups excluding carboxylic acids is 1. The van der Waals surface area contributed by atoms with Crippen molar-refractivity contribution < 1.29 is 55.1 Å². The summed E-state index contributed by atoms with van der Waals surface area (Å²) in [6, 6.07) is 0. The highest BCUT2D eigenvalue weighted by Crippen LogP contribution is 2.24. The Labute approximate surface area is 130 Å². The standard InChI is InChI=1S/C12H22O11/c13-1-4(16)7(18)11(5(17)2-14)23-12-10(21)9(20)8(19)6(3-15)22-12/h5-15,17-21H,1-3H2/t5-,6?,7-,8?,9?,10?,11-,12?/m1/s1. The molecule has 0 aliphatic carbocycles. The summed E-state index contributed by atoms with van der Waals surface area (Å²) >= 11 is 0. The van der Waals surface area contributed by atoms with E-state index in [0.29, 0.717) is 0 Å². The molecule has 8 N–H and O–H groups in total. The van der Waals surface area contributed by atoms with Gasteiger partial charge in [0.25, 0.3) is 0 Å². The molecule has 1 heterocycles. The van der Waals surface area contributed by atoms with E-state index in [1.807, 2.05) is 0 Å². The van der Waals surface area contributed by atoms with Crippen LogP contribution in [-0.2, 0) is 14.3 Å². The molecule has 8 atom stereocenters. The maximum absolute atomic E-state index is 11.3. The third-order valence-electron chi connectivity index (χ3n) is 3.50. The number of ketones is 1. The molecule has 0 aromatic rings. The molecule has 11 nitrogen and oxygen atoms in total. The Morgan fingerprint density at radius 2 is 1.65 bits per heavy atom. The van der Waals surface area contributed by atoms with Crippen molar-refractivity contribution in [2.75, 3.05) is 19.8 Å². The van der Waals surface area contributed by atoms with Crippen LogP contribution in [0.1, 0.15) is 0 Å². The van der Waals surface area contributed by atoms with Gasteiger partial charge in [0.1, 0.15) is 49.3 Å². The Hall–Kier alpha value is -0.730. The van der Waals surface area contributed by atoms with Gasteiger partial charge in [-0.1, -0.05) is 0 Å². The summed E-state index contributed by atoms with van der Waals surface area (Å²) in [7, 11) is 0. The van der Waals surface area contributed by atoms with Gasteiger partial charge < -0.3 is 50.3 Å². The zero-order chi connectivity index (χ0) is 17.7. The van der Waals surface area contributed by atoms with Crippen molar-refractivity contribution in [3.8, 4) is 0 Å². The van der Waals surface area contributed by atoms with Gasteiger partial charge in [0.2, 0.25) is 0 Å². The SMILES string of the molecule is O=C(CO)[C@@H](O)[C@H](OC1OC(CO)C(O)C(O)C1O)[C@H](O)CO. The number of hydrogen-bond acceptors (Lipinski definition) is 11. The van der Waals surface area contributed by atoms with Crippen LogP contribution in [0.25, 0.3) is 0 Å². The topological polar surface area (TPSA) is 197 Å². The molecule has 23 heavy (non-hydrogen) atoms. The predicted molar refractivity (Wildman–Crippen MR) is 69.8 cm³/mol. The molecule has 1 aliphatic heterocycles. The molecule has 0 bridgehead atoms. The van der Waals surface area contributed by atoms with Crippen molar-refractivity contribution in [3.63, 3.8) is 0 Å². The fourth-order valence-electron chi connectivity index (χ4n) is 2.09. The van der Waals surface area contributed by atoms with Crippen LogP contribution >= 0.6 is 0 Å². The van der Waals surface area contributed by atoms with Crippen molar-refractivity contribution in [2.45, 2.75) is 49.0 Å². The Bertz CT molecular complexity index is 376. The van der Waals surface area contributed by atoms with E-state index in [-0.39, 0.29) is 0 Å². The lowest BCUT2D eigenvalue weighted by molar-refractivity contribution is -0.323. The highest BCUT2D eigenvalue weighted by atomic mass is 16.7. The van der Waals surface area contributed by atoms with Gasteiger partial charge >= 0.3 is 0 Å². The van der Waals surface area contributed by atoms with Crippen LogP contribution < -0.4 is 0 Å². The molecule has 0 spiro atoms. The molecule has 0 aromatic heterocycles. The number of aliphatic hydroxyl groups is 8. The number of carbonyl (C=O) groups is 1. The van der Waals surface area contributed by atoms with Crippen LogP contribution in [0, 0.1) is 0 Å². The molecule has 5 unspecified atom stereocenters. The average Bonchev–Trinajstić information content (AvgIpc) is 2.57. The van der Waals surface area contributed by atoms with Gasteiger partial charge in [0.15, 0.2) is 12.1 Å². The van der Waals surface area contributed by atoms with Crippen LogP contribution in [0.4, 0.5) is 0 Å². The molecule has 136 valence electrons. The molecule has 1 fully saturated rings. The first kappa shape index (κ1) is 20.3. The molecule has 0 radical (unpaired) electrons.